The molecule has 0 fully saturated rings. The number of aromatic hydroxyl groups is 1. The van der Waals surface area contributed by atoms with Crippen molar-refractivity contribution in [2.24, 2.45) is 0 Å². The standard InChI is InChI=1S/C13H20O6S/c1-6-7(2)9-10(14)11(18-4)8(3)13(12(9)19-5)20(15,16)17/h7,14H,6H2,1-5H3,(H,15,16,17)/p-1. The number of hydrogen-bond donors (Lipinski definition) is 1. The lowest BCUT2D eigenvalue weighted by Crippen LogP contribution is -2.10. The van der Waals surface area contributed by atoms with Crippen molar-refractivity contribution >= 4 is 10.1 Å². The molecule has 20 heavy (non-hydrogen) atoms. The van der Waals surface area contributed by atoms with Crippen molar-refractivity contribution < 1.29 is 27.6 Å². The number of hydrogen-bond acceptors (Lipinski definition) is 6. The molecule has 0 aromatic heterocycles. The van der Waals surface area contributed by atoms with Gasteiger partial charge < -0.3 is 19.1 Å². The van der Waals surface area contributed by atoms with Crippen LogP contribution in [0.25, 0.3) is 0 Å². The Morgan fingerprint density at radius 2 is 1.75 bits per heavy atom. The highest BCUT2D eigenvalue weighted by molar-refractivity contribution is 7.86. The van der Waals surface area contributed by atoms with E-state index in [4.69, 9.17) is 9.47 Å². The molecule has 0 saturated heterocycles. The van der Waals surface area contributed by atoms with Crippen LogP contribution in [0.2, 0.25) is 0 Å². The van der Waals surface area contributed by atoms with E-state index in [2.05, 4.69) is 0 Å². The van der Waals surface area contributed by atoms with Crippen LogP contribution in [0.1, 0.15) is 37.3 Å². The molecule has 0 bridgehead atoms. The first-order chi connectivity index (χ1) is 9.20. The van der Waals surface area contributed by atoms with Gasteiger partial charge in [0.2, 0.25) is 0 Å². The maximum atomic E-state index is 11.5. The molecular formula is C13H19O6S-. The summed E-state index contributed by atoms with van der Waals surface area (Å²) in [5, 5.41) is 10.3. The summed E-state index contributed by atoms with van der Waals surface area (Å²) >= 11 is 0. The third-order valence-electron chi connectivity index (χ3n) is 3.37. The average molecular weight is 303 g/mol. The van der Waals surface area contributed by atoms with E-state index in [0.29, 0.717) is 6.42 Å². The van der Waals surface area contributed by atoms with Gasteiger partial charge in [-0.3, -0.25) is 0 Å². The van der Waals surface area contributed by atoms with E-state index in [-0.39, 0.29) is 34.3 Å². The molecule has 0 heterocycles. The molecule has 0 aliphatic rings. The van der Waals surface area contributed by atoms with Gasteiger partial charge in [0.25, 0.3) is 0 Å². The smallest absolute Gasteiger partial charge is 0.165 e. The monoisotopic (exact) mass is 303 g/mol. The summed E-state index contributed by atoms with van der Waals surface area (Å²) in [7, 11) is -2.19. The highest BCUT2D eigenvalue weighted by atomic mass is 32.2. The van der Waals surface area contributed by atoms with E-state index in [1.54, 1.807) is 6.92 Å². The fourth-order valence-electron chi connectivity index (χ4n) is 2.22. The van der Waals surface area contributed by atoms with Crippen molar-refractivity contribution in [3.8, 4) is 17.2 Å². The number of phenols is 1. The molecule has 1 N–H and O–H groups in total. The van der Waals surface area contributed by atoms with Gasteiger partial charge in [-0.2, -0.15) is 0 Å². The zero-order chi connectivity index (χ0) is 15.7. The van der Waals surface area contributed by atoms with Gasteiger partial charge in [0.05, 0.1) is 14.2 Å². The van der Waals surface area contributed by atoms with Crippen molar-refractivity contribution in [3.63, 3.8) is 0 Å². The molecule has 6 nitrogen and oxygen atoms in total. The number of phenolic OH excluding ortho intramolecular Hbond substituents is 1. The van der Waals surface area contributed by atoms with Gasteiger partial charge in [0.15, 0.2) is 11.5 Å². The lowest BCUT2D eigenvalue weighted by atomic mass is 9.94. The van der Waals surface area contributed by atoms with Crippen molar-refractivity contribution in [2.45, 2.75) is 38.0 Å². The number of rotatable bonds is 5. The van der Waals surface area contributed by atoms with E-state index in [1.165, 1.54) is 21.1 Å². The highest BCUT2D eigenvalue weighted by Gasteiger charge is 2.28. The predicted molar refractivity (Wildman–Crippen MR) is 72.6 cm³/mol. The van der Waals surface area contributed by atoms with E-state index < -0.39 is 15.0 Å². The van der Waals surface area contributed by atoms with Crippen LogP contribution in [-0.2, 0) is 10.1 Å². The molecule has 0 amide bonds. The molecule has 0 aliphatic carbocycles. The minimum atomic E-state index is -4.76. The maximum absolute atomic E-state index is 11.5. The lowest BCUT2D eigenvalue weighted by Gasteiger charge is -2.24. The van der Waals surface area contributed by atoms with Crippen molar-refractivity contribution in [1.29, 1.82) is 0 Å². The summed E-state index contributed by atoms with van der Waals surface area (Å²) in [6.07, 6.45) is 0.633. The first kappa shape index (κ1) is 16.6. The topological polar surface area (TPSA) is 95.9 Å². The minimum Gasteiger partial charge on any atom is -0.744 e. The Hall–Kier alpha value is -1.47. The fraction of sp³-hybridized carbons (Fsp3) is 0.538. The Balaban J connectivity index is 3.95. The third-order valence-corrected chi connectivity index (χ3v) is 4.36. The molecule has 0 radical (unpaired) electrons. The van der Waals surface area contributed by atoms with Crippen LogP contribution >= 0.6 is 0 Å². The summed E-state index contributed by atoms with van der Waals surface area (Å²) in [5.41, 5.74) is 0.316. The van der Waals surface area contributed by atoms with Crippen molar-refractivity contribution in [2.75, 3.05) is 14.2 Å². The Morgan fingerprint density at radius 3 is 2.10 bits per heavy atom. The molecule has 1 aromatic carbocycles. The van der Waals surface area contributed by atoms with Gasteiger partial charge in [0, 0.05) is 11.1 Å². The zero-order valence-electron chi connectivity index (χ0n) is 12.2. The van der Waals surface area contributed by atoms with E-state index in [9.17, 15) is 18.1 Å². The molecule has 0 spiro atoms. The summed E-state index contributed by atoms with van der Waals surface area (Å²) in [4.78, 5) is -0.482. The molecule has 114 valence electrons. The van der Waals surface area contributed by atoms with Crippen LogP contribution in [0.4, 0.5) is 0 Å². The first-order valence-electron chi connectivity index (χ1n) is 6.13. The predicted octanol–water partition coefficient (Wildman–Crippen LogP) is 2.14. The largest absolute Gasteiger partial charge is 0.744 e. The summed E-state index contributed by atoms with van der Waals surface area (Å²) < 4.78 is 44.6. The molecule has 7 heteroatoms. The molecule has 1 atom stereocenters. The van der Waals surface area contributed by atoms with Crippen LogP contribution in [0.5, 0.6) is 17.2 Å². The number of methoxy groups -OCH3 is 2. The summed E-state index contributed by atoms with van der Waals surface area (Å²) in [6.45, 7) is 5.07. The molecule has 1 rings (SSSR count). The molecular weight excluding hydrogens is 284 g/mol. The summed E-state index contributed by atoms with van der Waals surface area (Å²) in [5.74, 6) is -0.510. The second-order valence-corrected chi connectivity index (χ2v) is 5.86. The Kier molecular flexibility index (Phi) is 4.88. The van der Waals surface area contributed by atoms with Gasteiger partial charge in [-0.1, -0.05) is 13.8 Å². The van der Waals surface area contributed by atoms with Gasteiger partial charge >= 0.3 is 0 Å². The van der Waals surface area contributed by atoms with E-state index >= 15 is 0 Å². The van der Waals surface area contributed by atoms with Crippen LogP contribution in [0.3, 0.4) is 0 Å². The van der Waals surface area contributed by atoms with Gasteiger partial charge in [0.1, 0.15) is 20.8 Å². The number of ether oxygens (including phenoxy) is 2. The second kappa shape index (κ2) is 5.88. The van der Waals surface area contributed by atoms with Crippen molar-refractivity contribution in [3.05, 3.63) is 11.1 Å². The van der Waals surface area contributed by atoms with E-state index in [1.807, 2.05) is 6.92 Å². The van der Waals surface area contributed by atoms with Gasteiger partial charge in [-0.05, 0) is 19.3 Å². The Bertz CT molecular complexity index is 606. The zero-order valence-corrected chi connectivity index (χ0v) is 13.0. The normalized spacial score (nSPS) is 13.1. The van der Waals surface area contributed by atoms with Crippen LogP contribution in [0.15, 0.2) is 4.90 Å². The van der Waals surface area contributed by atoms with Crippen LogP contribution in [-0.4, -0.2) is 32.3 Å². The van der Waals surface area contributed by atoms with Crippen LogP contribution in [0, 0.1) is 6.92 Å². The second-order valence-electron chi connectivity index (χ2n) is 4.55. The first-order valence-corrected chi connectivity index (χ1v) is 7.54. The fourth-order valence-corrected chi connectivity index (χ4v) is 3.11. The Morgan fingerprint density at radius 1 is 1.25 bits per heavy atom. The average Bonchev–Trinajstić information content (AvgIpc) is 2.35. The molecule has 0 saturated carbocycles. The maximum Gasteiger partial charge on any atom is 0.165 e. The van der Waals surface area contributed by atoms with Crippen molar-refractivity contribution in [1.82, 2.24) is 0 Å². The van der Waals surface area contributed by atoms with Gasteiger partial charge in [-0.25, -0.2) is 8.42 Å². The summed E-state index contributed by atoms with van der Waals surface area (Å²) in [6, 6.07) is 0. The van der Waals surface area contributed by atoms with E-state index in [0.717, 1.165) is 0 Å². The lowest BCUT2D eigenvalue weighted by molar-refractivity contribution is 0.345. The Labute approximate surface area is 119 Å². The van der Waals surface area contributed by atoms with Gasteiger partial charge in [-0.15, -0.1) is 0 Å². The van der Waals surface area contributed by atoms with Crippen LogP contribution < -0.4 is 9.47 Å². The quantitative estimate of drug-likeness (QED) is 0.837. The number of benzene rings is 1. The third kappa shape index (κ3) is 2.69. The highest BCUT2D eigenvalue weighted by Crippen LogP contribution is 2.48. The molecule has 0 aliphatic heterocycles. The molecule has 1 unspecified atom stereocenters. The minimum absolute atomic E-state index is 0.0180. The molecule has 1 aromatic rings. The SMILES string of the molecule is CCC(C)c1c(O)c(OC)c(C)c(S(=O)(=O)[O-])c1OC.